The Morgan fingerprint density at radius 1 is 1.39 bits per heavy atom. The third-order valence-corrected chi connectivity index (χ3v) is 3.66. The molecule has 0 unspecified atom stereocenters. The molecule has 0 saturated carbocycles. The third-order valence-electron chi connectivity index (χ3n) is 3.66. The van der Waals surface area contributed by atoms with Crippen LogP contribution in [0.25, 0.3) is 0 Å². The van der Waals surface area contributed by atoms with Crippen molar-refractivity contribution in [3.8, 4) is 0 Å². The third kappa shape index (κ3) is 2.65. The van der Waals surface area contributed by atoms with E-state index < -0.39 is 6.10 Å². The van der Waals surface area contributed by atoms with Gasteiger partial charge in [-0.2, -0.15) is 0 Å². The predicted octanol–water partition coefficient (Wildman–Crippen LogP) is 2.09. The molecule has 4 heteroatoms. The quantitative estimate of drug-likeness (QED) is 0.867. The molecule has 1 heterocycles. The number of rotatable bonds is 3. The van der Waals surface area contributed by atoms with Crippen LogP contribution in [0.3, 0.4) is 0 Å². The first-order valence-electron chi connectivity index (χ1n) is 6.45. The smallest absolute Gasteiger partial charge is 0.131 e. The second-order valence-electron chi connectivity index (χ2n) is 4.96. The van der Waals surface area contributed by atoms with Crippen LogP contribution in [0.4, 0.5) is 10.1 Å². The van der Waals surface area contributed by atoms with Gasteiger partial charge in [-0.25, -0.2) is 4.39 Å². The number of aliphatic hydroxyl groups is 2. The normalized spacial score (nSPS) is 19.0. The Balaban J connectivity index is 2.21. The molecule has 1 aliphatic rings. The van der Waals surface area contributed by atoms with Gasteiger partial charge in [0.1, 0.15) is 5.82 Å². The first-order valence-corrected chi connectivity index (χ1v) is 6.45. The molecule has 1 atom stereocenters. The molecule has 1 aromatic rings. The summed E-state index contributed by atoms with van der Waals surface area (Å²) in [4.78, 5) is 2.09. The maximum absolute atomic E-state index is 13.8. The Hall–Kier alpha value is -1.13. The van der Waals surface area contributed by atoms with Crippen LogP contribution in [0.5, 0.6) is 0 Å². The van der Waals surface area contributed by atoms with Crippen LogP contribution < -0.4 is 4.90 Å². The molecular formula is C14H20FNO2. The van der Waals surface area contributed by atoms with Crippen LogP contribution in [0.2, 0.25) is 0 Å². The molecule has 18 heavy (non-hydrogen) atoms. The first-order chi connectivity index (χ1) is 8.63. The summed E-state index contributed by atoms with van der Waals surface area (Å²) < 4.78 is 13.8. The molecule has 0 aliphatic carbocycles. The van der Waals surface area contributed by atoms with Crippen molar-refractivity contribution in [2.75, 3.05) is 24.6 Å². The lowest BCUT2D eigenvalue weighted by Gasteiger charge is -2.34. The zero-order valence-electron chi connectivity index (χ0n) is 10.6. The summed E-state index contributed by atoms with van der Waals surface area (Å²) in [6, 6.07) is 4.91. The van der Waals surface area contributed by atoms with Crippen molar-refractivity contribution in [1.29, 1.82) is 0 Å². The highest BCUT2D eigenvalue weighted by Gasteiger charge is 2.23. The van der Waals surface area contributed by atoms with E-state index in [1.54, 1.807) is 13.0 Å². The van der Waals surface area contributed by atoms with Crippen molar-refractivity contribution >= 4 is 5.69 Å². The molecule has 2 N–H and O–H groups in total. The molecule has 1 aliphatic heterocycles. The molecule has 100 valence electrons. The van der Waals surface area contributed by atoms with E-state index in [1.165, 1.54) is 6.07 Å². The predicted molar refractivity (Wildman–Crippen MR) is 69.1 cm³/mol. The molecule has 0 spiro atoms. The molecule has 1 saturated heterocycles. The number of piperidine rings is 1. The van der Waals surface area contributed by atoms with E-state index in [0.717, 1.165) is 31.6 Å². The van der Waals surface area contributed by atoms with E-state index >= 15 is 0 Å². The summed E-state index contributed by atoms with van der Waals surface area (Å²) in [6.45, 7) is 3.41. The Bertz CT molecular complexity index is 401. The van der Waals surface area contributed by atoms with Crippen LogP contribution in [0.1, 0.15) is 31.4 Å². The van der Waals surface area contributed by atoms with E-state index in [2.05, 4.69) is 4.90 Å². The maximum Gasteiger partial charge on any atom is 0.131 e. The SMILES string of the molecule is C[C@H](O)c1c(F)cccc1N1CCC(CO)CC1. The summed E-state index contributed by atoms with van der Waals surface area (Å²) in [5.41, 5.74) is 1.15. The van der Waals surface area contributed by atoms with E-state index in [4.69, 9.17) is 5.11 Å². The molecule has 2 rings (SSSR count). The summed E-state index contributed by atoms with van der Waals surface area (Å²) in [5.74, 6) is -0.00316. The van der Waals surface area contributed by atoms with Crippen LogP contribution in [0.15, 0.2) is 18.2 Å². The minimum Gasteiger partial charge on any atom is -0.396 e. The second kappa shape index (κ2) is 5.67. The van der Waals surface area contributed by atoms with Gasteiger partial charge in [0.05, 0.1) is 6.10 Å². The van der Waals surface area contributed by atoms with E-state index in [9.17, 15) is 9.50 Å². The highest BCUT2D eigenvalue weighted by molar-refractivity contribution is 5.55. The summed E-state index contributed by atoms with van der Waals surface area (Å²) in [5, 5.41) is 18.8. The fraction of sp³-hybridized carbons (Fsp3) is 0.571. The Morgan fingerprint density at radius 2 is 2.06 bits per heavy atom. The second-order valence-corrected chi connectivity index (χ2v) is 4.96. The Morgan fingerprint density at radius 3 is 2.61 bits per heavy atom. The van der Waals surface area contributed by atoms with Crippen LogP contribution in [-0.4, -0.2) is 29.9 Å². The lowest BCUT2D eigenvalue weighted by molar-refractivity contribution is 0.192. The Kier molecular flexibility index (Phi) is 4.19. The Labute approximate surface area is 107 Å². The molecule has 1 fully saturated rings. The van der Waals surface area contributed by atoms with Gasteiger partial charge in [-0.15, -0.1) is 0 Å². The van der Waals surface area contributed by atoms with Gasteiger partial charge >= 0.3 is 0 Å². The number of nitrogens with zero attached hydrogens (tertiary/aromatic N) is 1. The van der Waals surface area contributed by atoms with Crippen LogP contribution in [-0.2, 0) is 0 Å². The van der Waals surface area contributed by atoms with Gasteiger partial charge in [-0.3, -0.25) is 0 Å². The number of aliphatic hydroxyl groups excluding tert-OH is 2. The highest BCUT2D eigenvalue weighted by Crippen LogP contribution is 2.31. The van der Waals surface area contributed by atoms with E-state index in [0.29, 0.717) is 11.5 Å². The summed E-state index contributed by atoms with van der Waals surface area (Å²) in [7, 11) is 0. The number of hydrogen-bond donors (Lipinski definition) is 2. The van der Waals surface area contributed by atoms with Crippen molar-refractivity contribution < 1.29 is 14.6 Å². The van der Waals surface area contributed by atoms with Gasteiger partial charge in [0, 0.05) is 30.9 Å². The van der Waals surface area contributed by atoms with Crippen LogP contribution >= 0.6 is 0 Å². The average molecular weight is 253 g/mol. The lowest BCUT2D eigenvalue weighted by Crippen LogP contribution is -2.35. The van der Waals surface area contributed by atoms with Crippen molar-refractivity contribution in [2.24, 2.45) is 5.92 Å². The van der Waals surface area contributed by atoms with Gasteiger partial charge in [0.2, 0.25) is 0 Å². The number of hydrogen-bond acceptors (Lipinski definition) is 3. The van der Waals surface area contributed by atoms with Gasteiger partial charge in [-0.1, -0.05) is 6.07 Å². The van der Waals surface area contributed by atoms with Gasteiger partial charge in [-0.05, 0) is 37.8 Å². The zero-order valence-corrected chi connectivity index (χ0v) is 10.6. The fourth-order valence-electron chi connectivity index (χ4n) is 2.57. The standard InChI is InChI=1S/C14H20FNO2/c1-10(18)14-12(15)3-2-4-13(14)16-7-5-11(9-17)6-8-16/h2-4,10-11,17-18H,5-9H2,1H3/t10-/m0/s1. The minimum absolute atomic E-state index is 0.222. The first kappa shape index (κ1) is 13.3. The van der Waals surface area contributed by atoms with Gasteiger partial charge < -0.3 is 15.1 Å². The minimum atomic E-state index is -0.809. The lowest BCUT2D eigenvalue weighted by atomic mass is 9.96. The number of anilines is 1. The molecule has 0 amide bonds. The van der Waals surface area contributed by atoms with Crippen molar-refractivity contribution in [1.82, 2.24) is 0 Å². The van der Waals surface area contributed by atoms with Gasteiger partial charge in [0.25, 0.3) is 0 Å². The number of halogens is 1. The summed E-state index contributed by atoms with van der Waals surface area (Å²) in [6.07, 6.45) is 1.01. The zero-order chi connectivity index (χ0) is 13.1. The highest BCUT2D eigenvalue weighted by atomic mass is 19.1. The van der Waals surface area contributed by atoms with Gasteiger partial charge in [0.15, 0.2) is 0 Å². The van der Waals surface area contributed by atoms with E-state index in [-0.39, 0.29) is 12.4 Å². The van der Waals surface area contributed by atoms with Crippen molar-refractivity contribution in [3.05, 3.63) is 29.6 Å². The molecule has 3 nitrogen and oxygen atoms in total. The molecule has 0 radical (unpaired) electrons. The van der Waals surface area contributed by atoms with Crippen LogP contribution in [0, 0.1) is 11.7 Å². The molecule has 1 aromatic carbocycles. The largest absolute Gasteiger partial charge is 0.396 e. The average Bonchev–Trinajstić information content (AvgIpc) is 2.38. The molecular weight excluding hydrogens is 233 g/mol. The summed E-state index contributed by atoms with van der Waals surface area (Å²) >= 11 is 0. The van der Waals surface area contributed by atoms with E-state index in [1.807, 2.05) is 6.07 Å². The molecule has 0 aromatic heterocycles. The monoisotopic (exact) mass is 253 g/mol. The fourth-order valence-corrected chi connectivity index (χ4v) is 2.57. The molecule has 0 bridgehead atoms. The van der Waals surface area contributed by atoms with Crippen molar-refractivity contribution in [3.63, 3.8) is 0 Å². The maximum atomic E-state index is 13.8. The topological polar surface area (TPSA) is 43.7 Å². The van der Waals surface area contributed by atoms with Crippen molar-refractivity contribution in [2.45, 2.75) is 25.9 Å². The number of benzene rings is 1.